The summed E-state index contributed by atoms with van der Waals surface area (Å²) in [6.07, 6.45) is 1.49. The minimum Gasteiger partial charge on any atom is -0.496 e. The number of carbonyl (C=O) groups excluding carboxylic acids is 2. The van der Waals surface area contributed by atoms with Crippen molar-refractivity contribution in [2.24, 2.45) is 5.10 Å². The Bertz CT molecular complexity index is 1370. The largest absolute Gasteiger partial charge is 0.496 e. The average molecular weight is 522 g/mol. The second-order valence-electron chi connectivity index (χ2n) is 7.26. The molecule has 1 heterocycles. The number of benzene rings is 3. The van der Waals surface area contributed by atoms with Crippen LogP contribution in [0.3, 0.4) is 0 Å². The maximum absolute atomic E-state index is 12.7. The Hall–Kier alpha value is -3.89. The van der Waals surface area contributed by atoms with Crippen LogP contribution in [0.2, 0.25) is 0 Å². The van der Waals surface area contributed by atoms with Crippen LogP contribution in [0.1, 0.15) is 22.8 Å². The fourth-order valence-electron chi connectivity index (χ4n) is 3.18. The zero-order valence-corrected chi connectivity index (χ0v) is 21.2. The molecule has 0 aliphatic rings. The van der Waals surface area contributed by atoms with Gasteiger partial charge in [-0.05, 0) is 55.0 Å². The van der Waals surface area contributed by atoms with E-state index in [2.05, 4.69) is 15.5 Å². The van der Waals surface area contributed by atoms with Crippen molar-refractivity contribution in [1.29, 1.82) is 0 Å². The normalized spacial score (nSPS) is 10.9. The summed E-state index contributed by atoms with van der Waals surface area (Å²) < 4.78 is 18.3. The second-order valence-corrected chi connectivity index (χ2v) is 9.51. The molecule has 0 aliphatic carbocycles. The van der Waals surface area contributed by atoms with E-state index in [-0.39, 0.29) is 17.4 Å². The van der Waals surface area contributed by atoms with Crippen LogP contribution in [0.25, 0.3) is 10.2 Å². The third kappa shape index (κ3) is 6.41. The lowest BCUT2D eigenvalue weighted by Crippen LogP contribution is -2.19. The summed E-state index contributed by atoms with van der Waals surface area (Å²) in [6, 6.07) is 19.7. The summed E-state index contributed by atoms with van der Waals surface area (Å²) in [6.45, 7) is 2.20. The Morgan fingerprint density at radius 1 is 1.06 bits per heavy atom. The Morgan fingerprint density at radius 3 is 2.67 bits per heavy atom. The fourth-order valence-corrected chi connectivity index (χ4v) is 5.04. The number of hydrazone groups is 1. The summed E-state index contributed by atoms with van der Waals surface area (Å²) >= 11 is 2.91. The third-order valence-electron chi connectivity index (χ3n) is 4.80. The first kappa shape index (κ1) is 25.2. The molecule has 0 atom stereocenters. The van der Waals surface area contributed by atoms with Gasteiger partial charge in [0.25, 0.3) is 5.91 Å². The highest BCUT2D eigenvalue weighted by Crippen LogP contribution is 2.30. The van der Waals surface area contributed by atoms with Gasteiger partial charge in [0.15, 0.2) is 15.8 Å². The number of carbonyl (C=O) groups is 2. The van der Waals surface area contributed by atoms with E-state index in [1.807, 2.05) is 31.2 Å². The van der Waals surface area contributed by atoms with Gasteiger partial charge in [-0.1, -0.05) is 36.0 Å². The molecule has 8 nitrogen and oxygen atoms in total. The lowest BCUT2D eigenvalue weighted by molar-refractivity contribution is -0.118. The van der Waals surface area contributed by atoms with Gasteiger partial charge in [-0.2, -0.15) is 5.10 Å². The summed E-state index contributed by atoms with van der Waals surface area (Å²) in [5, 5.41) is 4.02. The number of methoxy groups -OCH3 is 1. The fraction of sp³-hybridized carbons (Fsp3) is 0.154. The third-order valence-corrected chi connectivity index (χ3v) is 6.98. The number of aromatic nitrogens is 1. The first-order valence-electron chi connectivity index (χ1n) is 11.0. The van der Waals surface area contributed by atoms with Crippen LogP contribution >= 0.6 is 23.1 Å². The van der Waals surface area contributed by atoms with E-state index in [1.165, 1.54) is 25.1 Å². The molecular weight excluding hydrogens is 498 g/mol. The number of amides is 1. The molecule has 10 heteroatoms. The highest BCUT2D eigenvalue weighted by Gasteiger charge is 2.17. The lowest BCUT2D eigenvalue weighted by atomic mass is 10.2. The molecule has 0 unspecified atom stereocenters. The van der Waals surface area contributed by atoms with E-state index in [4.69, 9.17) is 14.2 Å². The number of ether oxygens (including phenoxy) is 3. The van der Waals surface area contributed by atoms with Crippen molar-refractivity contribution >= 4 is 51.4 Å². The van der Waals surface area contributed by atoms with Gasteiger partial charge < -0.3 is 14.2 Å². The molecule has 0 aliphatic heterocycles. The van der Waals surface area contributed by atoms with E-state index < -0.39 is 5.97 Å². The van der Waals surface area contributed by atoms with Gasteiger partial charge in [0.2, 0.25) is 0 Å². The van der Waals surface area contributed by atoms with Crippen molar-refractivity contribution in [1.82, 2.24) is 10.4 Å². The molecular formula is C26H23N3O5S2. The molecule has 0 saturated carbocycles. The Balaban J connectivity index is 1.36. The van der Waals surface area contributed by atoms with Crippen LogP contribution in [-0.4, -0.2) is 42.5 Å². The van der Waals surface area contributed by atoms with Crippen molar-refractivity contribution in [2.75, 3.05) is 19.5 Å². The standard InChI is InChI=1S/C26H23N3O5S2/c1-3-33-22-14-17(12-13-21(22)34-25(31)18-8-4-6-10-20(18)32-2)15-27-29-24(30)16-35-26-28-19-9-5-7-11-23(19)36-26/h4-15H,3,16H2,1-2H3,(H,29,30)/b27-15+. The lowest BCUT2D eigenvalue weighted by Gasteiger charge is -2.12. The number of hydrogen-bond acceptors (Lipinski definition) is 9. The van der Waals surface area contributed by atoms with Gasteiger partial charge in [-0.3, -0.25) is 4.79 Å². The molecule has 3 aromatic carbocycles. The predicted octanol–water partition coefficient (Wildman–Crippen LogP) is 5.17. The minimum absolute atomic E-state index is 0.194. The van der Waals surface area contributed by atoms with Gasteiger partial charge in [0.05, 0.1) is 35.9 Å². The number of thiazole rings is 1. The highest BCUT2D eigenvalue weighted by atomic mass is 32.2. The maximum atomic E-state index is 12.7. The number of esters is 1. The van der Waals surface area contributed by atoms with Crippen LogP contribution in [0.5, 0.6) is 17.2 Å². The SMILES string of the molecule is CCOc1cc(/C=N/NC(=O)CSc2nc3ccccc3s2)ccc1OC(=O)c1ccccc1OC. The van der Waals surface area contributed by atoms with Crippen molar-refractivity contribution in [2.45, 2.75) is 11.3 Å². The van der Waals surface area contributed by atoms with E-state index in [1.54, 1.807) is 53.8 Å². The summed E-state index contributed by atoms with van der Waals surface area (Å²) in [5.74, 6) is 0.444. The van der Waals surface area contributed by atoms with Gasteiger partial charge in [-0.15, -0.1) is 11.3 Å². The summed E-state index contributed by atoms with van der Waals surface area (Å²) in [5.41, 5.74) is 4.40. The smallest absolute Gasteiger partial charge is 0.347 e. The topological polar surface area (TPSA) is 99.1 Å². The predicted molar refractivity (Wildman–Crippen MR) is 142 cm³/mol. The maximum Gasteiger partial charge on any atom is 0.347 e. The number of hydrogen-bond donors (Lipinski definition) is 1. The van der Waals surface area contributed by atoms with Crippen LogP contribution in [0, 0.1) is 0 Å². The highest BCUT2D eigenvalue weighted by molar-refractivity contribution is 8.01. The van der Waals surface area contributed by atoms with Crippen LogP contribution < -0.4 is 19.6 Å². The minimum atomic E-state index is -0.562. The van der Waals surface area contributed by atoms with Crippen LogP contribution in [0.15, 0.2) is 76.2 Å². The molecule has 36 heavy (non-hydrogen) atoms. The first-order valence-corrected chi connectivity index (χ1v) is 12.8. The molecule has 0 spiro atoms. The summed E-state index contributed by atoms with van der Waals surface area (Å²) in [7, 11) is 1.49. The van der Waals surface area contributed by atoms with Crippen molar-refractivity contribution in [3.05, 3.63) is 77.9 Å². The monoisotopic (exact) mass is 521 g/mol. The van der Waals surface area contributed by atoms with E-state index in [0.29, 0.717) is 29.2 Å². The van der Waals surface area contributed by atoms with Gasteiger partial charge >= 0.3 is 5.97 Å². The van der Waals surface area contributed by atoms with Crippen molar-refractivity contribution in [3.63, 3.8) is 0 Å². The molecule has 0 fully saturated rings. The quantitative estimate of drug-likeness (QED) is 0.101. The average Bonchev–Trinajstić information content (AvgIpc) is 3.32. The molecule has 1 amide bonds. The molecule has 1 N–H and O–H groups in total. The zero-order chi connectivity index (χ0) is 25.3. The molecule has 1 aromatic heterocycles. The number of nitrogens with zero attached hydrogens (tertiary/aromatic N) is 2. The number of rotatable bonds is 10. The molecule has 0 radical (unpaired) electrons. The van der Waals surface area contributed by atoms with Gasteiger partial charge in [0, 0.05) is 0 Å². The number of nitrogens with one attached hydrogen (secondary N) is 1. The molecule has 4 rings (SSSR count). The zero-order valence-electron chi connectivity index (χ0n) is 19.6. The van der Waals surface area contributed by atoms with Crippen LogP contribution in [-0.2, 0) is 4.79 Å². The molecule has 0 bridgehead atoms. The van der Waals surface area contributed by atoms with E-state index in [9.17, 15) is 9.59 Å². The van der Waals surface area contributed by atoms with Crippen molar-refractivity contribution < 1.29 is 23.8 Å². The summed E-state index contributed by atoms with van der Waals surface area (Å²) in [4.78, 5) is 29.4. The Labute approximate surface area is 216 Å². The van der Waals surface area contributed by atoms with Crippen LogP contribution in [0.4, 0.5) is 0 Å². The molecule has 184 valence electrons. The van der Waals surface area contributed by atoms with E-state index in [0.717, 1.165) is 14.6 Å². The molecule has 4 aromatic rings. The number of fused-ring (bicyclic) bond motifs is 1. The first-order chi connectivity index (χ1) is 17.6. The number of thioether (sulfide) groups is 1. The number of para-hydroxylation sites is 2. The van der Waals surface area contributed by atoms with E-state index >= 15 is 0 Å². The van der Waals surface area contributed by atoms with Gasteiger partial charge in [-0.25, -0.2) is 15.2 Å². The Kier molecular flexibility index (Phi) is 8.53. The second kappa shape index (κ2) is 12.2. The molecule has 0 saturated heterocycles. The van der Waals surface area contributed by atoms with Crippen molar-refractivity contribution in [3.8, 4) is 17.2 Å². The Morgan fingerprint density at radius 2 is 1.86 bits per heavy atom. The van der Waals surface area contributed by atoms with Gasteiger partial charge in [0.1, 0.15) is 11.3 Å².